The van der Waals surface area contributed by atoms with Gasteiger partial charge in [0, 0.05) is 24.3 Å². The van der Waals surface area contributed by atoms with Gasteiger partial charge in [0.25, 0.3) is 0 Å². The molecular weight excluding hydrogens is 253 g/mol. The lowest BCUT2D eigenvalue weighted by Gasteiger charge is -2.01. The summed E-state index contributed by atoms with van der Waals surface area (Å²) in [5.74, 6) is 0.762. The first kappa shape index (κ1) is 12.7. The smallest absolute Gasteiger partial charge is 0.123 e. The van der Waals surface area contributed by atoms with Gasteiger partial charge in [0.1, 0.15) is 11.7 Å². The Morgan fingerprint density at radius 3 is 2.75 bits per heavy atom. The number of hydrogen-bond acceptors (Lipinski definition) is 2. The van der Waals surface area contributed by atoms with Crippen molar-refractivity contribution in [3.63, 3.8) is 0 Å². The molecule has 0 saturated heterocycles. The lowest BCUT2D eigenvalue weighted by molar-refractivity contribution is 0.627. The molecule has 1 aliphatic heterocycles. The highest BCUT2D eigenvalue weighted by atomic mass is 19.1. The van der Waals surface area contributed by atoms with Crippen LogP contribution in [0.3, 0.4) is 0 Å². The number of aliphatic imine (C=N–C) groups is 1. The normalized spacial score (nSPS) is 15.2. The topological polar surface area (TPSA) is 50.4 Å². The van der Waals surface area contributed by atoms with Gasteiger partial charge >= 0.3 is 0 Å². The van der Waals surface area contributed by atoms with Crippen molar-refractivity contribution >= 4 is 17.2 Å². The van der Waals surface area contributed by atoms with Crippen molar-refractivity contribution in [2.75, 3.05) is 17.6 Å². The fourth-order valence-electron chi connectivity index (χ4n) is 2.31. The van der Waals surface area contributed by atoms with Gasteiger partial charge in [-0.25, -0.2) is 4.39 Å². The predicted molar refractivity (Wildman–Crippen MR) is 80.6 cm³/mol. The predicted octanol–water partition coefficient (Wildman–Crippen LogP) is 3.02. The highest BCUT2D eigenvalue weighted by Gasteiger charge is 2.15. The summed E-state index contributed by atoms with van der Waals surface area (Å²) in [5.41, 5.74) is 9.87. The number of nitrogen functional groups attached to an aromatic ring is 1. The molecule has 3 N–H and O–H groups in total. The molecule has 0 fully saturated rings. The summed E-state index contributed by atoms with van der Waals surface area (Å²) < 4.78 is 12.8. The average Bonchev–Trinajstić information content (AvgIpc) is 2.83. The molecule has 1 aliphatic rings. The van der Waals surface area contributed by atoms with Crippen LogP contribution in [0.4, 0.5) is 15.8 Å². The third-order valence-electron chi connectivity index (χ3n) is 3.39. The zero-order valence-electron chi connectivity index (χ0n) is 11.1. The number of amidine groups is 1. The summed E-state index contributed by atoms with van der Waals surface area (Å²) >= 11 is 0. The van der Waals surface area contributed by atoms with E-state index in [1.54, 1.807) is 12.1 Å². The van der Waals surface area contributed by atoms with Gasteiger partial charge in [-0.05, 0) is 41.8 Å². The second-order valence-corrected chi connectivity index (χ2v) is 4.92. The van der Waals surface area contributed by atoms with Gasteiger partial charge in [-0.2, -0.15) is 0 Å². The lowest BCUT2D eigenvalue weighted by Crippen LogP contribution is -2.07. The maximum absolute atomic E-state index is 12.8. The number of nitrogens with two attached hydrogens (primary N) is 1. The van der Waals surface area contributed by atoms with Crippen molar-refractivity contribution in [1.29, 1.82) is 0 Å². The van der Waals surface area contributed by atoms with E-state index in [-0.39, 0.29) is 5.82 Å². The molecule has 2 aromatic rings. The minimum absolute atomic E-state index is 0.203. The van der Waals surface area contributed by atoms with E-state index in [4.69, 9.17) is 5.73 Å². The minimum Gasteiger partial charge on any atom is -0.399 e. The van der Waals surface area contributed by atoms with Gasteiger partial charge in [0.15, 0.2) is 0 Å². The van der Waals surface area contributed by atoms with E-state index >= 15 is 0 Å². The van der Waals surface area contributed by atoms with Crippen LogP contribution in [0.1, 0.15) is 11.1 Å². The van der Waals surface area contributed by atoms with Gasteiger partial charge in [0.05, 0.1) is 0 Å². The van der Waals surface area contributed by atoms with Crippen LogP contribution in [0, 0.1) is 5.82 Å². The van der Waals surface area contributed by atoms with E-state index < -0.39 is 0 Å². The Balaban J connectivity index is 1.60. The monoisotopic (exact) mass is 269 g/mol. The van der Waals surface area contributed by atoms with Crippen molar-refractivity contribution < 1.29 is 4.39 Å². The van der Waals surface area contributed by atoms with Crippen LogP contribution in [0.5, 0.6) is 0 Å². The molecule has 0 aliphatic carbocycles. The minimum atomic E-state index is -0.203. The molecule has 0 aromatic heterocycles. The van der Waals surface area contributed by atoms with Crippen molar-refractivity contribution in [3.05, 3.63) is 59.4 Å². The highest BCUT2D eigenvalue weighted by Crippen LogP contribution is 2.25. The number of anilines is 2. The van der Waals surface area contributed by atoms with Gasteiger partial charge < -0.3 is 11.1 Å². The largest absolute Gasteiger partial charge is 0.399 e. The molecule has 20 heavy (non-hydrogen) atoms. The van der Waals surface area contributed by atoms with Crippen molar-refractivity contribution in [3.8, 4) is 0 Å². The standard InChI is InChI=1S/C16H16FN3/c17-13-4-1-11(2-5-13)7-8-19-16-9-12-3-6-14(18)10-15(12)20-16/h1-6,10H,7-9,18H2,(H,19,20). The molecule has 0 unspecified atom stereocenters. The summed E-state index contributed by atoms with van der Waals surface area (Å²) in [4.78, 5) is 4.56. The highest BCUT2D eigenvalue weighted by molar-refractivity contribution is 6.03. The first-order valence-electron chi connectivity index (χ1n) is 6.64. The van der Waals surface area contributed by atoms with E-state index in [9.17, 15) is 4.39 Å². The number of benzene rings is 2. The summed E-state index contributed by atoms with van der Waals surface area (Å²) in [6.45, 7) is 0.692. The molecule has 3 nitrogen and oxygen atoms in total. The molecule has 0 bridgehead atoms. The van der Waals surface area contributed by atoms with Crippen LogP contribution in [0.25, 0.3) is 0 Å². The van der Waals surface area contributed by atoms with Gasteiger partial charge in [-0.1, -0.05) is 18.2 Å². The molecular formula is C16H16FN3. The van der Waals surface area contributed by atoms with Gasteiger partial charge in [-0.15, -0.1) is 0 Å². The Labute approximate surface area is 117 Å². The van der Waals surface area contributed by atoms with Crippen LogP contribution in [-0.2, 0) is 12.8 Å². The van der Waals surface area contributed by atoms with E-state index in [1.165, 1.54) is 17.7 Å². The average molecular weight is 269 g/mol. The summed E-state index contributed by atoms with van der Waals surface area (Å²) in [5, 5.41) is 3.28. The number of hydrogen-bond donors (Lipinski definition) is 2. The van der Waals surface area contributed by atoms with Gasteiger partial charge in [0.2, 0.25) is 0 Å². The van der Waals surface area contributed by atoms with Crippen LogP contribution in [0.2, 0.25) is 0 Å². The Morgan fingerprint density at radius 1 is 1.15 bits per heavy atom. The van der Waals surface area contributed by atoms with Crippen LogP contribution in [0.15, 0.2) is 47.5 Å². The third-order valence-corrected chi connectivity index (χ3v) is 3.39. The van der Waals surface area contributed by atoms with Crippen LogP contribution < -0.4 is 11.1 Å². The molecule has 102 valence electrons. The third kappa shape index (κ3) is 2.79. The van der Waals surface area contributed by atoms with Crippen molar-refractivity contribution in [2.45, 2.75) is 12.8 Å². The number of rotatable bonds is 3. The summed E-state index contributed by atoms with van der Waals surface area (Å²) in [7, 11) is 0. The molecule has 4 heteroatoms. The van der Waals surface area contributed by atoms with E-state index in [2.05, 4.69) is 10.3 Å². The van der Waals surface area contributed by atoms with Crippen LogP contribution in [-0.4, -0.2) is 12.4 Å². The molecule has 0 saturated carbocycles. The number of halogens is 1. The van der Waals surface area contributed by atoms with E-state index in [0.717, 1.165) is 35.6 Å². The molecule has 2 aromatic carbocycles. The maximum Gasteiger partial charge on any atom is 0.123 e. The number of nitrogens with one attached hydrogen (secondary N) is 1. The van der Waals surface area contributed by atoms with Crippen molar-refractivity contribution in [1.82, 2.24) is 0 Å². The Kier molecular flexibility index (Phi) is 3.37. The zero-order chi connectivity index (χ0) is 13.9. The SMILES string of the molecule is Nc1ccc2c(c1)NC(=NCCc1ccc(F)cc1)C2. The van der Waals surface area contributed by atoms with Gasteiger partial charge in [-0.3, -0.25) is 4.99 Å². The fourth-order valence-corrected chi connectivity index (χ4v) is 2.31. The Hall–Kier alpha value is -2.36. The Morgan fingerprint density at radius 2 is 1.95 bits per heavy atom. The fraction of sp³-hybridized carbons (Fsp3) is 0.188. The summed E-state index contributed by atoms with van der Waals surface area (Å²) in [6.07, 6.45) is 1.63. The quantitative estimate of drug-likeness (QED) is 0.841. The molecule has 0 spiro atoms. The number of nitrogens with zero attached hydrogens (tertiary/aromatic N) is 1. The van der Waals surface area contributed by atoms with Crippen LogP contribution >= 0.6 is 0 Å². The maximum atomic E-state index is 12.8. The molecule has 0 radical (unpaired) electrons. The Bertz CT molecular complexity index is 647. The molecule has 0 atom stereocenters. The number of fused-ring (bicyclic) bond motifs is 1. The molecule has 1 heterocycles. The first-order chi connectivity index (χ1) is 9.70. The first-order valence-corrected chi connectivity index (χ1v) is 6.64. The second-order valence-electron chi connectivity index (χ2n) is 4.92. The zero-order valence-corrected chi connectivity index (χ0v) is 11.1. The second kappa shape index (κ2) is 5.33. The van der Waals surface area contributed by atoms with E-state index in [1.807, 2.05) is 18.2 Å². The molecule has 0 amide bonds. The van der Waals surface area contributed by atoms with Crippen molar-refractivity contribution in [2.24, 2.45) is 4.99 Å². The summed E-state index contributed by atoms with van der Waals surface area (Å²) in [6, 6.07) is 12.4. The van der Waals surface area contributed by atoms with E-state index in [0.29, 0.717) is 6.54 Å². The lowest BCUT2D eigenvalue weighted by atomic mass is 10.1. The molecule has 3 rings (SSSR count).